The predicted octanol–water partition coefficient (Wildman–Crippen LogP) is 1.46. The van der Waals surface area contributed by atoms with Gasteiger partial charge < -0.3 is 10.2 Å². The number of likely N-dealkylation sites (tertiary alicyclic amines) is 1. The third-order valence-electron chi connectivity index (χ3n) is 4.17. The van der Waals surface area contributed by atoms with Gasteiger partial charge in [-0.05, 0) is 57.2 Å². The molecule has 0 unspecified atom stereocenters. The summed E-state index contributed by atoms with van der Waals surface area (Å²) >= 11 is 0. The minimum atomic E-state index is -3.38. The third-order valence-corrected chi connectivity index (χ3v) is 5.33. The van der Waals surface area contributed by atoms with Crippen LogP contribution in [0, 0.1) is 0 Å². The number of hydrogen-bond acceptors (Lipinski definition) is 4. The highest BCUT2D eigenvalue weighted by Crippen LogP contribution is 2.18. The van der Waals surface area contributed by atoms with Crippen LogP contribution in [-0.4, -0.2) is 58.2 Å². The first kappa shape index (κ1) is 18.5. The molecular weight excluding hydrogens is 326 g/mol. The Morgan fingerprint density at radius 3 is 2.42 bits per heavy atom. The van der Waals surface area contributed by atoms with E-state index in [1.165, 1.54) is 10.4 Å². The van der Waals surface area contributed by atoms with Crippen molar-refractivity contribution >= 4 is 21.6 Å². The maximum Gasteiger partial charge on any atom is 0.251 e. The molecule has 1 aromatic rings. The smallest absolute Gasteiger partial charge is 0.251 e. The van der Waals surface area contributed by atoms with Crippen LogP contribution < -0.4 is 9.62 Å². The number of amides is 1. The van der Waals surface area contributed by atoms with Crippen molar-refractivity contribution in [3.63, 3.8) is 0 Å². The predicted molar refractivity (Wildman–Crippen MR) is 96.8 cm³/mol. The topological polar surface area (TPSA) is 69.7 Å². The lowest BCUT2D eigenvalue weighted by Gasteiger charge is -2.29. The molecule has 0 aromatic heterocycles. The molecule has 2 rings (SSSR count). The number of benzene rings is 1. The Balaban J connectivity index is 2.05. The molecule has 0 saturated carbocycles. The Hall–Kier alpha value is -1.86. The second-order valence-corrected chi connectivity index (χ2v) is 8.09. The van der Waals surface area contributed by atoms with Crippen LogP contribution in [0.15, 0.2) is 36.9 Å². The minimum Gasteiger partial charge on any atom is -0.349 e. The normalized spacial score (nSPS) is 16.6. The molecule has 1 aliphatic heterocycles. The summed E-state index contributed by atoms with van der Waals surface area (Å²) in [5.41, 5.74) is 1.05. The first-order chi connectivity index (χ1) is 11.3. The average molecular weight is 351 g/mol. The van der Waals surface area contributed by atoms with Crippen LogP contribution in [0.1, 0.15) is 23.2 Å². The van der Waals surface area contributed by atoms with Gasteiger partial charge in [-0.3, -0.25) is 9.10 Å². The summed E-state index contributed by atoms with van der Waals surface area (Å²) in [6, 6.07) is 6.80. The van der Waals surface area contributed by atoms with Gasteiger partial charge in [0, 0.05) is 11.6 Å². The molecular formula is C17H25N3O3S. The Morgan fingerprint density at radius 2 is 1.92 bits per heavy atom. The molecule has 7 heteroatoms. The summed E-state index contributed by atoms with van der Waals surface area (Å²) in [6.07, 6.45) is 4.57. The van der Waals surface area contributed by atoms with E-state index in [2.05, 4.69) is 23.8 Å². The van der Waals surface area contributed by atoms with Gasteiger partial charge in [-0.15, -0.1) is 6.58 Å². The van der Waals surface area contributed by atoms with Crippen molar-refractivity contribution in [2.45, 2.75) is 18.9 Å². The van der Waals surface area contributed by atoms with E-state index in [-0.39, 0.29) is 18.5 Å². The molecule has 0 radical (unpaired) electrons. The summed E-state index contributed by atoms with van der Waals surface area (Å²) in [5, 5.41) is 3.05. The van der Waals surface area contributed by atoms with Crippen molar-refractivity contribution in [3.8, 4) is 0 Å². The minimum absolute atomic E-state index is 0.120. The van der Waals surface area contributed by atoms with Gasteiger partial charge in [0.1, 0.15) is 0 Å². The van der Waals surface area contributed by atoms with Crippen LogP contribution in [0.3, 0.4) is 0 Å². The van der Waals surface area contributed by atoms with E-state index < -0.39 is 10.0 Å². The van der Waals surface area contributed by atoms with Crippen molar-refractivity contribution in [2.75, 3.05) is 37.2 Å². The highest BCUT2D eigenvalue weighted by molar-refractivity contribution is 7.92. The standard InChI is InChI=1S/C17H25N3O3S/c1-4-11-20(24(3,22)23)16-7-5-14(6-8-16)17(21)18-15-9-12-19(2)13-10-15/h4-8,15H,1,9-13H2,2-3H3,(H,18,21). The molecule has 1 heterocycles. The highest BCUT2D eigenvalue weighted by Gasteiger charge is 2.20. The number of nitrogens with zero attached hydrogens (tertiary/aromatic N) is 2. The number of carbonyl (C=O) groups excluding carboxylic acids is 1. The molecule has 6 nitrogen and oxygen atoms in total. The molecule has 0 atom stereocenters. The molecule has 24 heavy (non-hydrogen) atoms. The number of carbonyl (C=O) groups is 1. The number of anilines is 1. The molecule has 0 spiro atoms. The molecule has 1 amide bonds. The van der Waals surface area contributed by atoms with Crippen LogP contribution >= 0.6 is 0 Å². The third kappa shape index (κ3) is 4.82. The van der Waals surface area contributed by atoms with Crippen LogP contribution in [0.5, 0.6) is 0 Å². The fourth-order valence-corrected chi connectivity index (χ4v) is 3.63. The van der Waals surface area contributed by atoms with E-state index >= 15 is 0 Å². The lowest BCUT2D eigenvalue weighted by molar-refractivity contribution is 0.0917. The quantitative estimate of drug-likeness (QED) is 0.788. The van der Waals surface area contributed by atoms with Crippen LogP contribution in [0.25, 0.3) is 0 Å². The summed E-state index contributed by atoms with van der Waals surface area (Å²) in [4.78, 5) is 14.6. The number of nitrogens with one attached hydrogen (secondary N) is 1. The van der Waals surface area contributed by atoms with E-state index in [0.717, 1.165) is 32.2 Å². The van der Waals surface area contributed by atoms with Gasteiger partial charge in [-0.25, -0.2) is 8.42 Å². The second-order valence-electron chi connectivity index (χ2n) is 6.18. The van der Waals surface area contributed by atoms with Gasteiger partial charge in [-0.1, -0.05) is 6.08 Å². The summed E-state index contributed by atoms with van der Waals surface area (Å²) in [5.74, 6) is -0.120. The van der Waals surface area contributed by atoms with Gasteiger partial charge in [0.25, 0.3) is 5.91 Å². The molecule has 1 N–H and O–H groups in total. The Bertz CT molecular complexity index is 678. The highest BCUT2D eigenvalue weighted by atomic mass is 32.2. The van der Waals surface area contributed by atoms with E-state index in [9.17, 15) is 13.2 Å². The fraction of sp³-hybridized carbons (Fsp3) is 0.471. The van der Waals surface area contributed by atoms with Crippen molar-refractivity contribution in [3.05, 3.63) is 42.5 Å². The molecule has 0 aliphatic carbocycles. The van der Waals surface area contributed by atoms with Crippen LogP contribution in [0.4, 0.5) is 5.69 Å². The monoisotopic (exact) mass is 351 g/mol. The molecule has 1 saturated heterocycles. The maximum atomic E-state index is 12.3. The SMILES string of the molecule is C=CCN(c1ccc(C(=O)NC2CCN(C)CC2)cc1)S(C)(=O)=O. The van der Waals surface area contributed by atoms with Crippen molar-refractivity contribution in [1.82, 2.24) is 10.2 Å². The van der Waals surface area contributed by atoms with Gasteiger partial charge in [0.05, 0.1) is 18.5 Å². The Morgan fingerprint density at radius 1 is 1.33 bits per heavy atom. The van der Waals surface area contributed by atoms with Crippen LogP contribution in [0.2, 0.25) is 0 Å². The Kier molecular flexibility index (Phi) is 6.01. The molecule has 132 valence electrons. The fourth-order valence-electron chi connectivity index (χ4n) is 2.75. The van der Waals surface area contributed by atoms with Gasteiger partial charge in [0.15, 0.2) is 0 Å². The van der Waals surface area contributed by atoms with Gasteiger partial charge in [0.2, 0.25) is 10.0 Å². The van der Waals surface area contributed by atoms with Gasteiger partial charge in [-0.2, -0.15) is 0 Å². The zero-order valence-corrected chi connectivity index (χ0v) is 15.1. The first-order valence-electron chi connectivity index (χ1n) is 7.99. The largest absolute Gasteiger partial charge is 0.349 e. The molecule has 1 aliphatic rings. The van der Waals surface area contributed by atoms with Crippen molar-refractivity contribution in [1.29, 1.82) is 0 Å². The number of sulfonamides is 1. The van der Waals surface area contributed by atoms with Gasteiger partial charge >= 0.3 is 0 Å². The molecule has 0 bridgehead atoms. The zero-order chi connectivity index (χ0) is 17.7. The van der Waals surface area contributed by atoms with E-state index in [0.29, 0.717) is 11.3 Å². The number of hydrogen-bond donors (Lipinski definition) is 1. The van der Waals surface area contributed by atoms with E-state index in [1.807, 2.05) is 0 Å². The lowest BCUT2D eigenvalue weighted by atomic mass is 10.0. The first-order valence-corrected chi connectivity index (χ1v) is 9.84. The van der Waals surface area contributed by atoms with Crippen LogP contribution in [-0.2, 0) is 10.0 Å². The van der Waals surface area contributed by atoms with E-state index in [4.69, 9.17) is 0 Å². The molecule has 1 aromatic carbocycles. The summed E-state index contributed by atoms with van der Waals surface area (Å²) in [7, 11) is -1.31. The second kappa shape index (κ2) is 7.81. The van der Waals surface area contributed by atoms with E-state index in [1.54, 1.807) is 24.3 Å². The Labute approximate surface area is 144 Å². The summed E-state index contributed by atoms with van der Waals surface area (Å²) < 4.78 is 24.9. The van der Waals surface area contributed by atoms with Crippen molar-refractivity contribution < 1.29 is 13.2 Å². The van der Waals surface area contributed by atoms with Crippen molar-refractivity contribution in [2.24, 2.45) is 0 Å². The number of piperidine rings is 1. The lowest BCUT2D eigenvalue weighted by Crippen LogP contribution is -2.43. The number of rotatable bonds is 6. The average Bonchev–Trinajstić information content (AvgIpc) is 2.54. The summed E-state index contributed by atoms with van der Waals surface area (Å²) in [6.45, 7) is 5.74. The maximum absolute atomic E-state index is 12.3. The zero-order valence-electron chi connectivity index (χ0n) is 14.2. The molecule has 1 fully saturated rings.